The summed E-state index contributed by atoms with van der Waals surface area (Å²) in [7, 11) is 0. The van der Waals surface area contributed by atoms with Gasteiger partial charge in [-0.1, -0.05) is 6.92 Å². The van der Waals surface area contributed by atoms with Crippen LogP contribution in [0.1, 0.15) is 48.8 Å². The second kappa shape index (κ2) is 8.18. The number of fused-ring (bicyclic) bond motifs is 1. The van der Waals surface area contributed by atoms with Gasteiger partial charge in [0.05, 0.1) is 16.8 Å². The Kier molecular flexibility index (Phi) is 5.85. The monoisotopic (exact) mass is 412 g/mol. The van der Waals surface area contributed by atoms with Crippen LogP contribution in [0.4, 0.5) is 23.4 Å². The van der Waals surface area contributed by atoms with Gasteiger partial charge in [-0.2, -0.15) is 10.2 Å². The van der Waals surface area contributed by atoms with E-state index in [0.717, 1.165) is 16.8 Å². The molecular weight excluding hydrogens is 392 g/mol. The predicted molar refractivity (Wildman–Crippen MR) is 98.1 cm³/mol. The summed E-state index contributed by atoms with van der Waals surface area (Å²) in [6, 6.07) is 2.38. The van der Waals surface area contributed by atoms with Crippen molar-refractivity contribution >= 4 is 22.8 Å². The van der Waals surface area contributed by atoms with Crippen LogP contribution in [-0.4, -0.2) is 30.5 Å². The van der Waals surface area contributed by atoms with Crippen LogP contribution in [-0.2, 0) is 17.9 Å². The SMILES string of the molecule is CCCn1nc(C)cc1NC(=O)Cn1nc(C)c2c(C(F)F)cc(C(F)F)nc21. The van der Waals surface area contributed by atoms with Crippen molar-refractivity contribution in [2.24, 2.45) is 0 Å². The first-order valence-electron chi connectivity index (χ1n) is 8.99. The summed E-state index contributed by atoms with van der Waals surface area (Å²) in [5.74, 6) is -0.0217. The maximum Gasteiger partial charge on any atom is 0.280 e. The fourth-order valence-corrected chi connectivity index (χ4v) is 3.15. The minimum atomic E-state index is -3.03. The van der Waals surface area contributed by atoms with Gasteiger partial charge in [-0.05, 0) is 26.3 Å². The van der Waals surface area contributed by atoms with Crippen molar-refractivity contribution in [3.63, 3.8) is 0 Å². The summed E-state index contributed by atoms with van der Waals surface area (Å²) in [6.45, 7) is 5.45. The maximum absolute atomic E-state index is 13.4. The molecule has 0 unspecified atom stereocenters. The van der Waals surface area contributed by atoms with Gasteiger partial charge in [0.2, 0.25) is 5.91 Å². The van der Waals surface area contributed by atoms with Gasteiger partial charge < -0.3 is 5.32 Å². The Morgan fingerprint density at radius 1 is 1.10 bits per heavy atom. The smallest absolute Gasteiger partial charge is 0.280 e. The van der Waals surface area contributed by atoms with Gasteiger partial charge in [-0.25, -0.2) is 31.9 Å². The fraction of sp³-hybridized carbons (Fsp3) is 0.444. The molecule has 0 bridgehead atoms. The van der Waals surface area contributed by atoms with Gasteiger partial charge in [0.15, 0.2) is 5.65 Å². The number of nitrogens with zero attached hydrogens (tertiary/aromatic N) is 5. The molecule has 3 heterocycles. The number of hydrogen-bond acceptors (Lipinski definition) is 4. The van der Waals surface area contributed by atoms with Crippen LogP contribution in [0.15, 0.2) is 12.1 Å². The number of hydrogen-bond donors (Lipinski definition) is 1. The van der Waals surface area contributed by atoms with E-state index in [1.807, 2.05) is 6.92 Å². The lowest BCUT2D eigenvalue weighted by Gasteiger charge is -2.09. The Morgan fingerprint density at radius 3 is 2.45 bits per heavy atom. The van der Waals surface area contributed by atoms with Crippen LogP contribution in [0.2, 0.25) is 0 Å². The van der Waals surface area contributed by atoms with Crippen molar-refractivity contribution in [3.8, 4) is 0 Å². The summed E-state index contributed by atoms with van der Waals surface area (Å²) in [5, 5.41) is 11.0. The Balaban J connectivity index is 1.95. The quantitative estimate of drug-likeness (QED) is 0.591. The highest BCUT2D eigenvalue weighted by atomic mass is 19.3. The zero-order valence-corrected chi connectivity index (χ0v) is 16.1. The van der Waals surface area contributed by atoms with E-state index in [1.165, 1.54) is 6.92 Å². The number of aryl methyl sites for hydroxylation is 3. The second-order valence-electron chi connectivity index (χ2n) is 6.62. The third-order valence-corrected chi connectivity index (χ3v) is 4.28. The molecule has 0 aromatic carbocycles. The third kappa shape index (κ3) is 4.22. The maximum atomic E-state index is 13.4. The molecule has 1 N–H and O–H groups in total. The summed E-state index contributed by atoms with van der Waals surface area (Å²) in [6.07, 6.45) is -5.20. The number of nitrogens with one attached hydrogen (secondary N) is 1. The van der Waals surface area contributed by atoms with E-state index in [-0.39, 0.29) is 23.3 Å². The van der Waals surface area contributed by atoms with Gasteiger partial charge in [0, 0.05) is 18.2 Å². The van der Waals surface area contributed by atoms with Gasteiger partial charge in [-0.3, -0.25) is 4.79 Å². The normalized spacial score (nSPS) is 11.8. The first-order valence-corrected chi connectivity index (χ1v) is 8.99. The van der Waals surface area contributed by atoms with Gasteiger partial charge >= 0.3 is 0 Å². The van der Waals surface area contributed by atoms with Crippen molar-refractivity contribution in [1.82, 2.24) is 24.5 Å². The Morgan fingerprint density at radius 2 is 1.83 bits per heavy atom. The molecule has 156 valence electrons. The van der Waals surface area contributed by atoms with Gasteiger partial charge in [0.1, 0.15) is 18.1 Å². The molecule has 0 aliphatic heterocycles. The van der Waals surface area contributed by atoms with E-state index in [1.54, 1.807) is 17.7 Å². The Labute approximate surface area is 163 Å². The Hall–Kier alpha value is -2.98. The lowest BCUT2D eigenvalue weighted by molar-refractivity contribution is -0.116. The summed E-state index contributed by atoms with van der Waals surface area (Å²) in [5.41, 5.74) is -0.636. The highest BCUT2D eigenvalue weighted by Gasteiger charge is 2.24. The molecule has 3 rings (SSSR count). The summed E-state index contributed by atoms with van der Waals surface area (Å²) in [4.78, 5) is 16.3. The molecule has 0 saturated heterocycles. The number of amides is 1. The molecule has 0 radical (unpaired) electrons. The topological polar surface area (TPSA) is 77.6 Å². The summed E-state index contributed by atoms with van der Waals surface area (Å²) >= 11 is 0. The van der Waals surface area contributed by atoms with E-state index in [2.05, 4.69) is 20.5 Å². The van der Waals surface area contributed by atoms with Crippen molar-refractivity contribution < 1.29 is 22.4 Å². The lowest BCUT2D eigenvalue weighted by Crippen LogP contribution is -2.22. The molecule has 0 atom stereocenters. The first-order chi connectivity index (χ1) is 13.7. The molecule has 0 aliphatic carbocycles. The van der Waals surface area contributed by atoms with E-state index < -0.39 is 30.0 Å². The largest absolute Gasteiger partial charge is 0.309 e. The molecule has 0 fully saturated rings. The van der Waals surface area contributed by atoms with E-state index in [0.29, 0.717) is 18.4 Å². The van der Waals surface area contributed by atoms with E-state index in [9.17, 15) is 22.4 Å². The first kappa shape index (κ1) is 20.7. The van der Waals surface area contributed by atoms with Gasteiger partial charge in [-0.15, -0.1) is 0 Å². The lowest BCUT2D eigenvalue weighted by atomic mass is 10.1. The average molecular weight is 412 g/mol. The minimum Gasteiger partial charge on any atom is -0.309 e. The molecule has 3 aromatic rings. The molecule has 3 aromatic heterocycles. The fourth-order valence-electron chi connectivity index (χ4n) is 3.15. The van der Waals surface area contributed by atoms with Crippen LogP contribution in [0.3, 0.4) is 0 Å². The zero-order chi connectivity index (χ0) is 21.3. The number of aromatic nitrogens is 5. The second-order valence-corrected chi connectivity index (χ2v) is 6.62. The highest BCUT2D eigenvalue weighted by molar-refractivity contribution is 5.91. The van der Waals surface area contributed by atoms with Crippen LogP contribution in [0.25, 0.3) is 11.0 Å². The van der Waals surface area contributed by atoms with Crippen molar-refractivity contribution in [2.45, 2.75) is 53.1 Å². The van der Waals surface area contributed by atoms with Crippen molar-refractivity contribution in [3.05, 3.63) is 34.8 Å². The number of carbonyl (C=O) groups excluding carboxylic acids is 1. The van der Waals surface area contributed by atoms with E-state index >= 15 is 0 Å². The van der Waals surface area contributed by atoms with Crippen molar-refractivity contribution in [1.29, 1.82) is 0 Å². The summed E-state index contributed by atoms with van der Waals surface area (Å²) < 4.78 is 55.7. The number of carbonyl (C=O) groups is 1. The van der Waals surface area contributed by atoms with Crippen LogP contribution in [0.5, 0.6) is 0 Å². The van der Waals surface area contributed by atoms with Crippen LogP contribution < -0.4 is 5.32 Å². The number of halogens is 4. The zero-order valence-electron chi connectivity index (χ0n) is 16.1. The molecule has 1 amide bonds. The molecule has 0 spiro atoms. The number of anilines is 1. The van der Waals surface area contributed by atoms with Crippen molar-refractivity contribution in [2.75, 3.05) is 5.32 Å². The molecule has 29 heavy (non-hydrogen) atoms. The van der Waals surface area contributed by atoms with E-state index in [4.69, 9.17) is 0 Å². The predicted octanol–water partition coefficient (Wildman–Crippen LogP) is 4.17. The number of pyridine rings is 1. The molecular formula is C18H20F4N6O. The molecule has 11 heteroatoms. The number of rotatable bonds is 7. The van der Waals surface area contributed by atoms with Gasteiger partial charge in [0.25, 0.3) is 12.9 Å². The van der Waals surface area contributed by atoms with Crippen LogP contribution in [0, 0.1) is 13.8 Å². The minimum absolute atomic E-state index is 0.0240. The average Bonchev–Trinajstić information content (AvgIpc) is 3.14. The standard InChI is InChI=1S/C18H20F4N6O/c1-4-5-27-13(6-9(2)25-27)24-14(29)8-28-18-15(10(3)26-28)11(16(19)20)7-12(23-18)17(21)22/h6-7,16-17H,4-5,8H2,1-3H3,(H,24,29). The van der Waals surface area contributed by atoms with Crippen LogP contribution >= 0.6 is 0 Å². The third-order valence-electron chi connectivity index (χ3n) is 4.28. The molecule has 7 nitrogen and oxygen atoms in total. The molecule has 0 aliphatic rings. The Bertz CT molecular complexity index is 1040. The highest BCUT2D eigenvalue weighted by Crippen LogP contribution is 2.32. The number of alkyl halides is 4. The molecule has 0 saturated carbocycles.